The van der Waals surface area contributed by atoms with Crippen molar-refractivity contribution < 1.29 is 0 Å². The van der Waals surface area contributed by atoms with Crippen molar-refractivity contribution in [2.45, 2.75) is 74.1 Å². The summed E-state index contributed by atoms with van der Waals surface area (Å²) in [6, 6.07) is 0. The molecule has 0 nitrogen and oxygen atoms in total. The molecule has 0 aromatic heterocycles. The highest BCUT2D eigenvalue weighted by Crippen LogP contribution is 2.30. The van der Waals surface area contributed by atoms with Crippen molar-refractivity contribution in [3.63, 3.8) is 0 Å². The fourth-order valence-electron chi connectivity index (χ4n) is 2.60. The van der Waals surface area contributed by atoms with Gasteiger partial charge in [0.05, 0.1) is 0 Å². The SMILES string of the molecule is CC(C)CCC(C)C(CC(C)C)CC(C)C. The molecule has 0 N–H and O–H groups in total. The van der Waals surface area contributed by atoms with Crippen molar-refractivity contribution in [2.75, 3.05) is 0 Å². The maximum absolute atomic E-state index is 2.47. The molecule has 0 heteroatoms. The van der Waals surface area contributed by atoms with Crippen LogP contribution in [0.25, 0.3) is 0 Å². The van der Waals surface area contributed by atoms with E-state index < -0.39 is 0 Å². The van der Waals surface area contributed by atoms with Crippen LogP contribution in [0.2, 0.25) is 0 Å². The van der Waals surface area contributed by atoms with E-state index in [0.29, 0.717) is 0 Å². The topological polar surface area (TPSA) is 0 Å². The van der Waals surface area contributed by atoms with Gasteiger partial charge in [0.15, 0.2) is 0 Å². The molecule has 1 unspecified atom stereocenters. The van der Waals surface area contributed by atoms with Gasteiger partial charge in [-0.1, -0.05) is 61.3 Å². The zero-order chi connectivity index (χ0) is 12.7. The highest BCUT2D eigenvalue weighted by Gasteiger charge is 2.19. The lowest BCUT2D eigenvalue weighted by molar-refractivity contribution is 0.234. The maximum Gasteiger partial charge on any atom is -0.0384 e. The maximum atomic E-state index is 2.47. The molecule has 0 fully saturated rings. The first kappa shape index (κ1) is 16.0. The second kappa shape index (κ2) is 8.14. The Labute approximate surface area is 104 Å². The van der Waals surface area contributed by atoms with Gasteiger partial charge in [0.1, 0.15) is 0 Å². The van der Waals surface area contributed by atoms with E-state index in [1.54, 1.807) is 0 Å². The Balaban J connectivity index is 4.14. The minimum absolute atomic E-state index is 0.852. The van der Waals surface area contributed by atoms with Crippen LogP contribution in [0.3, 0.4) is 0 Å². The van der Waals surface area contributed by atoms with Gasteiger partial charge in [0.2, 0.25) is 0 Å². The lowest BCUT2D eigenvalue weighted by Crippen LogP contribution is -2.17. The molecule has 0 radical (unpaired) electrons. The van der Waals surface area contributed by atoms with E-state index >= 15 is 0 Å². The molecule has 1 atom stereocenters. The Kier molecular flexibility index (Phi) is 8.14. The van der Waals surface area contributed by atoms with E-state index in [-0.39, 0.29) is 0 Å². The average Bonchev–Trinajstić information content (AvgIpc) is 2.11. The zero-order valence-electron chi connectivity index (χ0n) is 12.7. The second-order valence-corrected chi connectivity index (χ2v) is 6.97. The molecular formula is C16H34. The Morgan fingerprint density at radius 2 is 1.00 bits per heavy atom. The molecule has 0 aromatic carbocycles. The van der Waals surface area contributed by atoms with Gasteiger partial charge in [-0.15, -0.1) is 0 Å². The summed E-state index contributed by atoms with van der Waals surface area (Å²) in [6.07, 6.45) is 5.64. The minimum Gasteiger partial charge on any atom is -0.0628 e. The van der Waals surface area contributed by atoms with E-state index in [4.69, 9.17) is 0 Å². The van der Waals surface area contributed by atoms with Crippen molar-refractivity contribution in [1.29, 1.82) is 0 Å². The highest BCUT2D eigenvalue weighted by atomic mass is 14.2. The van der Waals surface area contributed by atoms with Crippen molar-refractivity contribution in [2.24, 2.45) is 29.6 Å². The van der Waals surface area contributed by atoms with Gasteiger partial charge in [-0.2, -0.15) is 0 Å². The van der Waals surface area contributed by atoms with E-state index in [9.17, 15) is 0 Å². The van der Waals surface area contributed by atoms with E-state index in [2.05, 4.69) is 48.5 Å². The monoisotopic (exact) mass is 226 g/mol. The fourth-order valence-corrected chi connectivity index (χ4v) is 2.60. The first-order valence-corrected chi connectivity index (χ1v) is 7.32. The predicted octanol–water partition coefficient (Wildman–Crippen LogP) is 5.77. The Hall–Kier alpha value is 0. The Morgan fingerprint density at radius 3 is 1.31 bits per heavy atom. The smallest absolute Gasteiger partial charge is 0.0384 e. The van der Waals surface area contributed by atoms with Gasteiger partial charge < -0.3 is 0 Å². The molecule has 0 rings (SSSR count). The molecule has 0 aromatic rings. The quantitative estimate of drug-likeness (QED) is 0.493. The average molecular weight is 226 g/mol. The van der Waals surface area contributed by atoms with E-state index in [1.807, 2.05) is 0 Å². The van der Waals surface area contributed by atoms with Crippen LogP contribution >= 0.6 is 0 Å². The van der Waals surface area contributed by atoms with Crippen LogP contribution in [0.15, 0.2) is 0 Å². The van der Waals surface area contributed by atoms with Gasteiger partial charge >= 0.3 is 0 Å². The molecule has 0 saturated carbocycles. The van der Waals surface area contributed by atoms with Gasteiger partial charge in [-0.05, 0) is 42.4 Å². The van der Waals surface area contributed by atoms with Crippen LogP contribution in [-0.4, -0.2) is 0 Å². The first-order chi connectivity index (χ1) is 7.32. The zero-order valence-corrected chi connectivity index (χ0v) is 12.7. The minimum atomic E-state index is 0.852. The van der Waals surface area contributed by atoms with Crippen molar-refractivity contribution in [3.05, 3.63) is 0 Å². The lowest BCUT2D eigenvalue weighted by atomic mass is 9.78. The third-order valence-corrected chi connectivity index (χ3v) is 3.55. The number of hydrogen-bond acceptors (Lipinski definition) is 0. The van der Waals surface area contributed by atoms with Crippen LogP contribution in [0.5, 0.6) is 0 Å². The van der Waals surface area contributed by atoms with Crippen LogP contribution in [-0.2, 0) is 0 Å². The number of rotatable bonds is 8. The molecule has 98 valence electrons. The summed E-state index contributed by atoms with van der Waals surface area (Å²) in [5.74, 6) is 4.42. The van der Waals surface area contributed by atoms with E-state index in [1.165, 1.54) is 25.7 Å². The van der Waals surface area contributed by atoms with Crippen LogP contribution < -0.4 is 0 Å². The molecule has 0 saturated heterocycles. The van der Waals surface area contributed by atoms with Gasteiger partial charge in [0.25, 0.3) is 0 Å². The molecule has 0 bridgehead atoms. The van der Waals surface area contributed by atoms with E-state index in [0.717, 1.165) is 29.6 Å². The van der Waals surface area contributed by atoms with Crippen molar-refractivity contribution in [1.82, 2.24) is 0 Å². The summed E-state index contributed by atoms with van der Waals surface area (Å²) in [4.78, 5) is 0. The third-order valence-electron chi connectivity index (χ3n) is 3.55. The summed E-state index contributed by atoms with van der Waals surface area (Å²) < 4.78 is 0. The van der Waals surface area contributed by atoms with Gasteiger partial charge in [-0.25, -0.2) is 0 Å². The molecule has 0 aliphatic rings. The molecule has 0 aliphatic heterocycles. The molecule has 0 amide bonds. The van der Waals surface area contributed by atoms with Crippen molar-refractivity contribution in [3.8, 4) is 0 Å². The summed E-state index contributed by atoms with van der Waals surface area (Å²) in [7, 11) is 0. The predicted molar refractivity (Wildman–Crippen MR) is 75.6 cm³/mol. The molecular weight excluding hydrogens is 192 g/mol. The fraction of sp³-hybridized carbons (Fsp3) is 1.00. The van der Waals surface area contributed by atoms with Crippen LogP contribution in [0.1, 0.15) is 74.1 Å². The molecule has 0 aliphatic carbocycles. The largest absolute Gasteiger partial charge is 0.0628 e. The highest BCUT2D eigenvalue weighted by molar-refractivity contribution is 4.70. The first-order valence-electron chi connectivity index (χ1n) is 7.32. The lowest BCUT2D eigenvalue weighted by Gasteiger charge is -2.27. The summed E-state index contributed by atoms with van der Waals surface area (Å²) in [6.45, 7) is 16.6. The molecule has 0 spiro atoms. The Bertz CT molecular complexity index is 145. The number of hydrogen-bond donors (Lipinski definition) is 0. The van der Waals surface area contributed by atoms with Crippen molar-refractivity contribution >= 4 is 0 Å². The molecule has 16 heavy (non-hydrogen) atoms. The standard InChI is InChI=1S/C16H34/c1-12(2)8-9-15(7)16(10-13(3)4)11-14(5)6/h12-16H,8-11H2,1-7H3. The Morgan fingerprint density at radius 1 is 0.562 bits per heavy atom. The summed E-state index contributed by atoms with van der Waals surface area (Å²) in [5.41, 5.74) is 0. The second-order valence-electron chi connectivity index (χ2n) is 6.97. The van der Waals surface area contributed by atoms with Crippen LogP contribution in [0, 0.1) is 29.6 Å². The van der Waals surface area contributed by atoms with Gasteiger partial charge in [-0.3, -0.25) is 0 Å². The van der Waals surface area contributed by atoms with Crippen LogP contribution in [0.4, 0.5) is 0 Å². The summed E-state index contributed by atoms with van der Waals surface area (Å²) in [5, 5.41) is 0. The third kappa shape index (κ3) is 8.19. The van der Waals surface area contributed by atoms with Gasteiger partial charge in [0, 0.05) is 0 Å². The summed E-state index contributed by atoms with van der Waals surface area (Å²) >= 11 is 0. The molecule has 0 heterocycles. The normalized spacial score (nSPS) is 14.4.